The van der Waals surface area contributed by atoms with E-state index in [1.54, 1.807) is 7.11 Å². The van der Waals surface area contributed by atoms with Crippen LogP contribution in [0.15, 0.2) is 4.99 Å². The third-order valence-corrected chi connectivity index (χ3v) is 5.08. The minimum Gasteiger partial charge on any atom is -0.383 e. The number of hydrogen-bond acceptors (Lipinski definition) is 4. The Kier molecular flexibility index (Phi) is 14.6. The molecule has 1 aromatic heterocycles. The minimum absolute atomic E-state index is 0. The topological polar surface area (TPSA) is 66.7 Å². The van der Waals surface area contributed by atoms with Gasteiger partial charge in [-0.25, -0.2) is 0 Å². The highest BCUT2D eigenvalue weighted by Gasteiger charge is 2.12. The molecular formula is C20H41IN6O. The summed E-state index contributed by atoms with van der Waals surface area (Å²) in [5.74, 6) is 0.841. The lowest BCUT2D eigenvalue weighted by molar-refractivity contribution is 0.182. The summed E-state index contributed by atoms with van der Waals surface area (Å²) < 4.78 is 7.18. The predicted octanol–water partition coefficient (Wildman–Crippen LogP) is 2.94. The molecule has 1 rings (SSSR count). The highest BCUT2D eigenvalue weighted by Crippen LogP contribution is 2.12. The zero-order chi connectivity index (χ0) is 20.2. The van der Waals surface area contributed by atoms with Crippen LogP contribution in [0.3, 0.4) is 0 Å². The van der Waals surface area contributed by atoms with Crippen molar-refractivity contribution in [3.8, 4) is 0 Å². The summed E-state index contributed by atoms with van der Waals surface area (Å²) >= 11 is 0. The SMILES string of the molecule is CCN(CC)CCCC(C)NC(=NC)NCc1c(C)nn(CCOC)c1C.I. The highest BCUT2D eigenvalue weighted by molar-refractivity contribution is 14.0. The number of aliphatic imine (C=N–C) groups is 1. The predicted molar refractivity (Wildman–Crippen MR) is 129 cm³/mol. The van der Waals surface area contributed by atoms with Crippen molar-refractivity contribution in [1.82, 2.24) is 25.3 Å². The van der Waals surface area contributed by atoms with E-state index in [1.807, 2.05) is 11.7 Å². The Bertz CT molecular complexity index is 571. The normalized spacial score (nSPS) is 12.8. The first-order valence-corrected chi connectivity index (χ1v) is 10.2. The minimum atomic E-state index is 0. The molecule has 1 heterocycles. The summed E-state index contributed by atoms with van der Waals surface area (Å²) in [4.78, 5) is 6.84. The van der Waals surface area contributed by atoms with Gasteiger partial charge in [0.15, 0.2) is 5.96 Å². The number of methoxy groups -OCH3 is 1. The molecule has 0 aliphatic heterocycles. The number of aromatic nitrogens is 2. The van der Waals surface area contributed by atoms with Crippen LogP contribution in [0.4, 0.5) is 0 Å². The molecule has 0 aliphatic carbocycles. The molecular weight excluding hydrogens is 467 g/mol. The lowest BCUT2D eigenvalue weighted by atomic mass is 10.1. The van der Waals surface area contributed by atoms with Gasteiger partial charge in [-0.05, 0) is 53.2 Å². The number of hydrogen-bond donors (Lipinski definition) is 2. The fraction of sp³-hybridized carbons (Fsp3) is 0.800. The molecule has 0 spiro atoms. The quantitative estimate of drug-likeness (QED) is 0.258. The molecule has 0 fully saturated rings. The molecule has 7 nitrogen and oxygen atoms in total. The largest absolute Gasteiger partial charge is 0.383 e. The summed E-state index contributed by atoms with van der Waals surface area (Å²) in [7, 11) is 3.53. The van der Waals surface area contributed by atoms with Crippen LogP contribution in [0, 0.1) is 13.8 Å². The average molecular weight is 508 g/mol. The van der Waals surface area contributed by atoms with Crippen molar-refractivity contribution >= 4 is 29.9 Å². The van der Waals surface area contributed by atoms with Crippen LogP contribution >= 0.6 is 24.0 Å². The van der Waals surface area contributed by atoms with Gasteiger partial charge in [-0.3, -0.25) is 9.67 Å². The number of aryl methyl sites for hydroxylation is 1. The lowest BCUT2D eigenvalue weighted by Gasteiger charge is -2.21. The van der Waals surface area contributed by atoms with E-state index in [2.05, 4.69) is 60.2 Å². The van der Waals surface area contributed by atoms with Gasteiger partial charge in [0.05, 0.1) is 18.8 Å². The van der Waals surface area contributed by atoms with Crippen molar-refractivity contribution in [1.29, 1.82) is 0 Å². The Hall–Kier alpha value is -0.870. The van der Waals surface area contributed by atoms with Crippen LogP contribution in [0.2, 0.25) is 0 Å². The Morgan fingerprint density at radius 2 is 1.96 bits per heavy atom. The maximum absolute atomic E-state index is 5.16. The fourth-order valence-corrected chi connectivity index (χ4v) is 3.22. The van der Waals surface area contributed by atoms with Crippen LogP contribution in [0.5, 0.6) is 0 Å². The van der Waals surface area contributed by atoms with Crippen molar-refractivity contribution in [2.24, 2.45) is 4.99 Å². The zero-order valence-corrected chi connectivity index (χ0v) is 21.2. The first-order chi connectivity index (χ1) is 13.0. The van der Waals surface area contributed by atoms with E-state index >= 15 is 0 Å². The van der Waals surface area contributed by atoms with Gasteiger partial charge in [-0.15, -0.1) is 24.0 Å². The smallest absolute Gasteiger partial charge is 0.191 e. The van der Waals surface area contributed by atoms with Crippen molar-refractivity contribution < 1.29 is 4.74 Å². The second-order valence-corrected chi connectivity index (χ2v) is 7.01. The highest BCUT2D eigenvalue weighted by atomic mass is 127. The van der Waals surface area contributed by atoms with Gasteiger partial charge in [0.2, 0.25) is 0 Å². The van der Waals surface area contributed by atoms with Crippen molar-refractivity contribution in [2.45, 2.75) is 66.6 Å². The maximum Gasteiger partial charge on any atom is 0.191 e. The van der Waals surface area contributed by atoms with Crippen LogP contribution in [0.25, 0.3) is 0 Å². The molecule has 0 saturated heterocycles. The molecule has 164 valence electrons. The summed E-state index contributed by atoms with van der Waals surface area (Å²) in [6.45, 7) is 16.4. The average Bonchev–Trinajstić information content (AvgIpc) is 2.93. The molecule has 2 N–H and O–H groups in total. The van der Waals surface area contributed by atoms with E-state index in [4.69, 9.17) is 4.74 Å². The number of ether oxygens (including phenoxy) is 1. The Morgan fingerprint density at radius 3 is 2.54 bits per heavy atom. The molecule has 0 amide bonds. The van der Waals surface area contributed by atoms with Gasteiger partial charge in [-0.2, -0.15) is 5.10 Å². The molecule has 0 saturated carbocycles. The molecule has 1 atom stereocenters. The van der Waals surface area contributed by atoms with Crippen molar-refractivity contribution in [2.75, 3.05) is 40.4 Å². The maximum atomic E-state index is 5.16. The summed E-state index contributed by atoms with van der Waals surface area (Å²) in [5, 5.41) is 11.6. The van der Waals surface area contributed by atoms with E-state index in [0.717, 1.165) is 50.8 Å². The van der Waals surface area contributed by atoms with Gasteiger partial charge in [-0.1, -0.05) is 13.8 Å². The third kappa shape index (κ3) is 9.09. The van der Waals surface area contributed by atoms with Gasteiger partial charge in [0.25, 0.3) is 0 Å². The summed E-state index contributed by atoms with van der Waals surface area (Å²) in [6.07, 6.45) is 2.32. The molecule has 0 radical (unpaired) electrons. The Morgan fingerprint density at radius 1 is 1.29 bits per heavy atom. The Labute approximate surface area is 188 Å². The first-order valence-electron chi connectivity index (χ1n) is 10.2. The molecule has 1 unspecified atom stereocenters. The van der Waals surface area contributed by atoms with Gasteiger partial charge >= 0.3 is 0 Å². The molecule has 0 bridgehead atoms. The summed E-state index contributed by atoms with van der Waals surface area (Å²) in [5.41, 5.74) is 3.46. The van der Waals surface area contributed by atoms with E-state index in [9.17, 15) is 0 Å². The van der Waals surface area contributed by atoms with Crippen LogP contribution in [-0.4, -0.2) is 67.1 Å². The molecule has 0 aromatic carbocycles. The molecule has 0 aliphatic rings. The van der Waals surface area contributed by atoms with Crippen molar-refractivity contribution in [3.63, 3.8) is 0 Å². The fourth-order valence-electron chi connectivity index (χ4n) is 3.22. The van der Waals surface area contributed by atoms with E-state index in [1.165, 1.54) is 17.7 Å². The van der Waals surface area contributed by atoms with Crippen LogP contribution in [-0.2, 0) is 17.8 Å². The number of halogens is 1. The number of rotatable bonds is 12. The second-order valence-electron chi connectivity index (χ2n) is 7.01. The molecule has 8 heteroatoms. The van der Waals surface area contributed by atoms with Gasteiger partial charge < -0.3 is 20.3 Å². The number of nitrogens with one attached hydrogen (secondary N) is 2. The standard InChI is InChI=1S/C20H40N6O.HI/c1-8-25(9-2)12-10-11-16(3)23-20(21-6)22-15-19-17(4)24-26(18(19)5)13-14-27-7;/h16H,8-15H2,1-7H3,(H2,21,22,23);1H. The zero-order valence-electron chi connectivity index (χ0n) is 18.8. The van der Waals surface area contributed by atoms with E-state index < -0.39 is 0 Å². The lowest BCUT2D eigenvalue weighted by Crippen LogP contribution is -2.42. The first kappa shape index (κ1) is 27.1. The molecule has 1 aromatic rings. The number of guanidine groups is 1. The van der Waals surface area contributed by atoms with Gasteiger partial charge in [0.1, 0.15) is 0 Å². The van der Waals surface area contributed by atoms with E-state index in [0.29, 0.717) is 12.6 Å². The van der Waals surface area contributed by atoms with Gasteiger partial charge in [0, 0.05) is 38.0 Å². The monoisotopic (exact) mass is 508 g/mol. The van der Waals surface area contributed by atoms with Crippen molar-refractivity contribution in [3.05, 3.63) is 17.0 Å². The Balaban J connectivity index is 0.00000729. The second kappa shape index (κ2) is 15.0. The van der Waals surface area contributed by atoms with E-state index in [-0.39, 0.29) is 24.0 Å². The summed E-state index contributed by atoms with van der Waals surface area (Å²) in [6, 6.07) is 0.387. The van der Waals surface area contributed by atoms with Crippen LogP contribution in [0.1, 0.15) is 50.6 Å². The third-order valence-electron chi connectivity index (χ3n) is 5.08. The molecule has 28 heavy (non-hydrogen) atoms. The van der Waals surface area contributed by atoms with Crippen LogP contribution < -0.4 is 10.6 Å². The number of nitrogens with zero attached hydrogens (tertiary/aromatic N) is 4.